The number of aliphatic imine (C=N–C) groups is 1. The molecular weight excluding hydrogens is 1130 g/mol. The number of carbonyl (C=O) groups is 8. The number of nitrogens with two attached hydrogens (primary N) is 3. The normalized spacial score (nSPS) is 15.4. The molecule has 8 atom stereocenters. The number of fused-ring (bicyclic) bond motifs is 1. The van der Waals surface area contributed by atoms with E-state index in [1.807, 2.05) is 68.4 Å². The predicted octanol–water partition coefficient (Wildman–Crippen LogP) is -0.433. The highest BCUT2D eigenvalue weighted by molar-refractivity contribution is 5.98. The summed E-state index contributed by atoms with van der Waals surface area (Å²) in [5.41, 5.74) is 21.2. The molecule has 27 heteroatoms. The number of imidazole rings is 2. The van der Waals surface area contributed by atoms with Gasteiger partial charge in [-0.25, -0.2) is 9.97 Å². The third kappa shape index (κ3) is 19.2. The van der Waals surface area contributed by atoms with Gasteiger partial charge in [0.25, 0.3) is 0 Å². The van der Waals surface area contributed by atoms with E-state index in [0.29, 0.717) is 48.4 Å². The summed E-state index contributed by atoms with van der Waals surface area (Å²) in [6, 6.07) is 12.2. The molecule has 1 saturated heterocycles. The zero-order chi connectivity index (χ0) is 63.3. The number of para-hydroxylation sites is 1. The average molecular weight is 1210 g/mol. The molecule has 8 amide bonds. The van der Waals surface area contributed by atoms with Crippen LogP contribution in [0.3, 0.4) is 0 Å². The maximum Gasteiger partial charge on any atom is 0.245 e. The summed E-state index contributed by atoms with van der Waals surface area (Å²) >= 11 is 0. The van der Waals surface area contributed by atoms with Crippen LogP contribution in [0.1, 0.15) is 81.0 Å². The first kappa shape index (κ1) is 65.9. The Morgan fingerprint density at radius 3 is 2.02 bits per heavy atom. The number of amides is 8. The van der Waals surface area contributed by atoms with E-state index in [9.17, 15) is 48.6 Å². The molecule has 0 saturated carbocycles. The van der Waals surface area contributed by atoms with Gasteiger partial charge in [-0.15, -0.1) is 0 Å². The van der Waals surface area contributed by atoms with Crippen LogP contribution < -0.4 is 54.4 Å². The second-order valence-electron chi connectivity index (χ2n) is 22.3. The summed E-state index contributed by atoms with van der Waals surface area (Å²) in [5, 5.41) is 40.9. The van der Waals surface area contributed by atoms with Gasteiger partial charge < -0.3 is 84.1 Å². The predicted molar refractivity (Wildman–Crippen MR) is 327 cm³/mol. The first-order valence-electron chi connectivity index (χ1n) is 29.5. The van der Waals surface area contributed by atoms with E-state index in [0.717, 1.165) is 16.5 Å². The number of aromatic amines is 2. The van der Waals surface area contributed by atoms with Crippen LogP contribution in [-0.4, -0.2) is 167 Å². The Hall–Kier alpha value is -9.63. The molecule has 27 nitrogen and oxygen atoms in total. The van der Waals surface area contributed by atoms with Crippen LogP contribution in [0.15, 0.2) is 115 Å². The van der Waals surface area contributed by atoms with E-state index in [4.69, 9.17) is 17.2 Å². The first-order valence-corrected chi connectivity index (χ1v) is 29.5. The highest BCUT2D eigenvalue weighted by Crippen LogP contribution is 2.22. The maximum atomic E-state index is 15.0. The van der Waals surface area contributed by atoms with Crippen LogP contribution in [0.5, 0.6) is 5.75 Å². The van der Waals surface area contributed by atoms with Gasteiger partial charge in [0.15, 0.2) is 5.96 Å². The summed E-state index contributed by atoms with van der Waals surface area (Å²) < 4.78 is 1.79. The first-order chi connectivity index (χ1) is 42.3. The monoisotopic (exact) mass is 1210 g/mol. The Morgan fingerprint density at radius 2 is 1.35 bits per heavy atom. The highest BCUT2D eigenvalue weighted by Gasteiger charge is 2.39. The molecule has 0 bridgehead atoms. The lowest BCUT2D eigenvalue weighted by Gasteiger charge is -2.30. The van der Waals surface area contributed by atoms with Crippen molar-refractivity contribution >= 4 is 64.1 Å². The Kier molecular flexibility index (Phi) is 24.1. The topological polar surface area (TPSA) is 417 Å². The second kappa shape index (κ2) is 32.2. The van der Waals surface area contributed by atoms with Crippen molar-refractivity contribution in [1.82, 2.24) is 66.6 Å². The summed E-state index contributed by atoms with van der Waals surface area (Å²) in [4.78, 5) is 135. The molecule has 0 unspecified atom stereocenters. The van der Waals surface area contributed by atoms with Crippen molar-refractivity contribution in [3.63, 3.8) is 0 Å². The Balaban J connectivity index is 1.15. The maximum absolute atomic E-state index is 15.0. The molecule has 3 aromatic carbocycles. The van der Waals surface area contributed by atoms with Crippen molar-refractivity contribution in [2.24, 2.45) is 28.1 Å². The number of aliphatic hydroxyl groups excluding tert-OH is 1. The zero-order valence-corrected chi connectivity index (χ0v) is 49.6. The molecule has 0 aliphatic carbocycles. The third-order valence-corrected chi connectivity index (χ3v) is 14.9. The largest absolute Gasteiger partial charge is 0.508 e. The van der Waals surface area contributed by atoms with Gasteiger partial charge >= 0.3 is 0 Å². The minimum absolute atomic E-state index is 0.0569. The fourth-order valence-electron chi connectivity index (χ4n) is 10.4. The van der Waals surface area contributed by atoms with E-state index in [2.05, 4.69) is 62.1 Å². The van der Waals surface area contributed by atoms with E-state index in [1.54, 1.807) is 30.2 Å². The number of carbonyl (C=O) groups excluding carboxylic acids is 8. The number of likely N-dealkylation sites (N-methyl/N-ethyl adjacent to an activating group) is 1. The van der Waals surface area contributed by atoms with Crippen molar-refractivity contribution in [3.8, 4) is 5.75 Å². The number of hydrogen-bond donors (Lipinski definition) is 14. The standard InChI is InChI=1S/C61H81N17O10/c1-4-66-59(87)52-17-11-23-78(52)60(88)46(16-10-22-67-61(63)64)71-54(82)47(24-36(2)3)73-57(85)50(28-41-32-77(35-70-41)31-38-12-6-5-7-13-38)75-55(83)48(25-37-18-20-42(80)21-19-37)74-58(86)51(33-79)76-56(84)49(26-39-29-68-45-15-9-8-14-43(39)45)72-53(81)44(62)27-40-30-65-34-69-40/h5-9,12-15,18-21,29-30,32,34-36,44,46-52,68,79-80H,4,10-11,16-17,22-28,31,33,62H2,1-3H3,(H,65,69)(H,66,87)(H,71,82)(H,72,81)(H,73,85)(H,74,86)(H,75,83)(H,76,84)(H4,63,64,67)/t44-,46-,47-,48-,49-,50+,51-,52-/m0/s1. The number of aliphatic hydroxyl groups is 1. The van der Waals surface area contributed by atoms with Crippen molar-refractivity contribution in [1.29, 1.82) is 0 Å². The molecule has 1 fully saturated rings. The Bertz CT molecular complexity index is 3330. The van der Waals surface area contributed by atoms with Gasteiger partial charge in [-0.1, -0.05) is 74.5 Å². The van der Waals surface area contributed by atoms with E-state index >= 15 is 0 Å². The molecule has 470 valence electrons. The van der Waals surface area contributed by atoms with Crippen LogP contribution in [0.25, 0.3) is 10.9 Å². The lowest BCUT2D eigenvalue weighted by molar-refractivity contribution is -0.142. The van der Waals surface area contributed by atoms with Crippen molar-refractivity contribution in [2.75, 3.05) is 26.2 Å². The number of hydrogen-bond acceptors (Lipinski definition) is 14. The fourth-order valence-corrected chi connectivity index (χ4v) is 10.4. The zero-order valence-electron chi connectivity index (χ0n) is 49.6. The lowest BCUT2D eigenvalue weighted by Crippen LogP contribution is -2.61. The fraction of sp³-hybridized carbons (Fsp3) is 0.426. The van der Waals surface area contributed by atoms with Gasteiger partial charge in [-0.2, -0.15) is 0 Å². The molecule has 88 heavy (non-hydrogen) atoms. The van der Waals surface area contributed by atoms with Crippen molar-refractivity contribution in [3.05, 3.63) is 138 Å². The van der Waals surface area contributed by atoms with E-state index in [1.165, 1.54) is 41.7 Å². The molecule has 4 heterocycles. The van der Waals surface area contributed by atoms with E-state index < -0.39 is 96.3 Å². The molecule has 1 aliphatic rings. The van der Waals surface area contributed by atoms with Crippen LogP contribution in [0, 0.1) is 5.92 Å². The number of guanidine groups is 1. The second-order valence-corrected chi connectivity index (χ2v) is 22.3. The van der Waals surface area contributed by atoms with Crippen LogP contribution in [-0.2, 0) is 70.6 Å². The summed E-state index contributed by atoms with van der Waals surface area (Å²) in [6.45, 7) is 5.65. The molecule has 3 aromatic heterocycles. The molecule has 7 rings (SSSR count). The van der Waals surface area contributed by atoms with Gasteiger partial charge in [0.1, 0.15) is 48.0 Å². The number of H-pyrrole nitrogens is 2. The molecule has 0 spiro atoms. The number of nitrogens with zero attached hydrogens (tertiary/aromatic N) is 5. The number of nitrogens with one attached hydrogen (secondary N) is 9. The van der Waals surface area contributed by atoms with Gasteiger partial charge in [0, 0.05) is 87.0 Å². The smallest absolute Gasteiger partial charge is 0.245 e. The number of likely N-dealkylation sites (tertiary alicyclic amines) is 1. The molecule has 17 N–H and O–H groups in total. The number of rotatable bonds is 32. The van der Waals surface area contributed by atoms with E-state index in [-0.39, 0.29) is 81.6 Å². The third-order valence-electron chi connectivity index (χ3n) is 14.9. The van der Waals surface area contributed by atoms with Crippen LogP contribution >= 0.6 is 0 Å². The lowest BCUT2D eigenvalue weighted by atomic mass is 10.0. The number of phenolic OH excluding ortho intramolecular Hbond substituents is 1. The summed E-state index contributed by atoms with van der Waals surface area (Å²) in [6.07, 6.45) is 8.81. The minimum atomic E-state index is -1.71. The number of phenols is 1. The minimum Gasteiger partial charge on any atom is -0.508 e. The summed E-state index contributed by atoms with van der Waals surface area (Å²) in [5.74, 6) is -6.31. The molecular formula is C61H81N17O10. The number of aromatic hydroxyl groups is 1. The quantitative estimate of drug-likeness (QED) is 0.0145. The van der Waals surface area contributed by atoms with Gasteiger partial charge in [-0.05, 0) is 79.8 Å². The molecule has 1 aliphatic heterocycles. The van der Waals surface area contributed by atoms with Crippen molar-refractivity contribution in [2.45, 2.75) is 133 Å². The number of benzene rings is 3. The molecule has 6 aromatic rings. The number of aromatic nitrogens is 5. The Labute approximate surface area is 509 Å². The van der Waals surface area contributed by atoms with Gasteiger partial charge in [0.2, 0.25) is 47.3 Å². The Morgan fingerprint density at radius 1 is 0.727 bits per heavy atom. The molecule has 0 radical (unpaired) electrons. The van der Waals surface area contributed by atoms with Gasteiger partial charge in [0.05, 0.1) is 31.0 Å². The van der Waals surface area contributed by atoms with Crippen LogP contribution in [0.2, 0.25) is 0 Å². The summed E-state index contributed by atoms with van der Waals surface area (Å²) in [7, 11) is 0. The SMILES string of the molecule is CCNC(=O)[C@@H]1CCCN1C(=O)[C@H](CCCN=C(N)N)NC(=O)[C@H](CC(C)C)NC(=O)[C@@H](Cc1cn(Cc2ccccc2)cn1)NC(=O)[C@H](Cc1ccc(O)cc1)NC(=O)[C@H](CO)NC(=O)[C@H](Cc1c[nH]c2ccccc12)NC(=O)[C@@H](N)Cc1cnc[nH]1. The average Bonchev–Trinajstić information content (AvgIpc) is 4.47. The highest BCUT2D eigenvalue weighted by atomic mass is 16.3. The van der Waals surface area contributed by atoms with Crippen molar-refractivity contribution < 1.29 is 48.6 Å². The van der Waals surface area contributed by atoms with Crippen LogP contribution in [0.4, 0.5) is 0 Å². The van der Waals surface area contributed by atoms with Gasteiger partial charge in [-0.3, -0.25) is 43.3 Å².